The van der Waals surface area contributed by atoms with E-state index < -0.39 is 29.0 Å². The van der Waals surface area contributed by atoms with Crippen molar-refractivity contribution in [2.24, 2.45) is 11.8 Å². The van der Waals surface area contributed by atoms with E-state index in [1.165, 1.54) is 13.0 Å². The first kappa shape index (κ1) is 17.8. The number of ether oxygens (including phenoxy) is 1. The molecule has 0 saturated heterocycles. The smallest absolute Gasteiger partial charge is 0.232 e. The predicted molar refractivity (Wildman–Crippen MR) is 96.7 cm³/mol. The number of Topliss-reactive ketones (excluding diaryl/α,β-unsaturated/α-hetero) is 2. The molecule has 0 aromatic heterocycles. The fourth-order valence-electron chi connectivity index (χ4n) is 4.47. The molecular weight excluding hydrogens is 348 g/mol. The second-order valence-corrected chi connectivity index (χ2v) is 8.19. The number of phenolic OH excluding ortho intramolecular Hbond substituents is 2. The molecule has 1 aromatic rings. The maximum atomic E-state index is 13.3. The highest BCUT2D eigenvalue weighted by Crippen LogP contribution is 2.51. The molecule has 142 valence electrons. The number of rotatable bonds is 0. The Bertz CT molecular complexity index is 965. The van der Waals surface area contributed by atoms with E-state index in [-0.39, 0.29) is 45.6 Å². The van der Waals surface area contributed by atoms with Gasteiger partial charge in [-0.3, -0.25) is 9.59 Å². The van der Waals surface area contributed by atoms with Crippen LogP contribution in [-0.2, 0) is 4.74 Å². The van der Waals surface area contributed by atoms with Crippen molar-refractivity contribution in [3.05, 3.63) is 45.7 Å². The molecule has 0 bridgehead atoms. The molecule has 0 saturated carbocycles. The lowest BCUT2D eigenvalue weighted by molar-refractivity contribution is -0.0614. The average Bonchev–Trinajstić information content (AvgIpc) is 2.58. The highest BCUT2D eigenvalue weighted by Gasteiger charge is 2.52. The molecule has 0 amide bonds. The van der Waals surface area contributed by atoms with Crippen molar-refractivity contribution in [2.45, 2.75) is 45.8 Å². The molecule has 1 heterocycles. The van der Waals surface area contributed by atoms with Gasteiger partial charge >= 0.3 is 0 Å². The molecule has 0 unspecified atom stereocenters. The van der Waals surface area contributed by atoms with Crippen LogP contribution in [-0.4, -0.2) is 38.6 Å². The van der Waals surface area contributed by atoms with E-state index in [2.05, 4.69) is 0 Å². The Morgan fingerprint density at radius 3 is 2.48 bits per heavy atom. The first-order valence-electron chi connectivity index (χ1n) is 8.99. The Hall–Kier alpha value is -2.60. The van der Waals surface area contributed by atoms with Gasteiger partial charge in [-0.25, -0.2) is 0 Å². The number of hydrogen-bond acceptors (Lipinski definition) is 6. The normalized spacial score (nSPS) is 28.8. The van der Waals surface area contributed by atoms with Crippen molar-refractivity contribution >= 4 is 11.6 Å². The van der Waals surface area contributed by atoms with E-state index in [0.29, 0.717) is 6.42 Å². The Morgan fingerprint density at radius 2 is 1.81 bits per heavy atom. The summed E-state index contributed by atoms with van der Waals surface area (Å²) in [6.45, 7) is 6.95. The minimum atomic E-state index is -0.767. The van der Waals surface area contributed by atoms with Gasteiger partial charge in [0.15, 0.2) is 11.5 Å². The summed E-state index contributed by atoms with van der Waals surface area (Å²) in [4.78, 5) is 26.4. The predicted octanol–water partition coefficient (Wildman–Crippen LogP) is 2.79. The lowest BCUT2D eigenvalue weighted by Gasteiger charge is -2.48. The Balaban J connectivity index is 1.98. The number of fused-ring (bicyclic) bond motifs is 3. The van der Waals surface area contributed by atoms with Crippen LogP contribution in [0.4, 0.5) is 0 Å². The molecule has 0 fully saturated rings. The van der Waals surface area contributed by atoms with Crippen LogP contribution in [0.5, 0.6) is 11.5 Å². The van der Waals surface area contributed by atoms with Crippen LogP contribution in [0.15, 0.2) is 29.0 Å². The van der Waals surface area contributed by atoms with Crippen molar-refractivity contribution in [3.8, 4) is 11.5 Å². The Morgan fingerprint density at radius 1 is 1.15 bits per heavy atom. The van der Waals surface area contributed by atoms with Crippen LogP contribution in [0.25, 0.3) is 0 Å². The first-order valence-corrected chi connectivity index (χ1v) is 8.99. The number of allylic oxidation sites excluding steroid dienone is 3. The summed E-state index contributed by atoms with van der Waals surface area (Å²) >= 11 is 0. The van der Waals surface area contributed by atoms with E-state index in [4.69, 9.17) is 4.74 Å². The van der Waals surface area contributed by atoms with E-state index >= 15 is 0 Å². The number of carbonyl (C=O) groups is 2. The number of hydrogen-bond donors (Lipinski definition) is 3. The number of ketones is 2. The highest BCUT2D eigenvalue weighted by molar-refractivity contribution is 6.28. The fourth-order valence-corrected chi connectivity index (χ4v) is 4.47. The van der Waals surface area contributed by atoms with Gasteiger partial charge in [0.2, 0.25) is 5.78 Å². The number of aliphatic hydroxyl groups is 1. The number of benzene rings is 1. The Kier molecular flexibility index (Phi) is 3.59. The van der Waals surface area contributed by atoms with Gasteiger partial charge in [-0.1, -0.05) is 6.08 Å². The van der Waals surface area contributed by atoms with Crippen molar-refractivity contribution in [1.29, 1.82) is 0 Å². The van der Waals surface area contributed by atoms with Crippen LogP contribution in [0.1, 0.15) is 53.5 Å². The second-order valence-electron chi connectivity index (χ2n) is 8.19. The standard InChI is InChI=1S/C21H22O6/c1-8-5-10-12(7-13(8)22)21(3,4)27-20-16(10)18(25)11-6-14(23)9(2)17(24)15(11)19(20)26/h5-6,10,12-13,22-24H,7H2,1-4H3/t10-,12+,13+/m1/s1. The maximum absolute atomic E-state index is 13.3. The van der Waals surface area contributed by atoms with Gasteiger partial charge in [-0.15, -0.1) is 0 Å². The van der Waals surface area contributed by atoms with Gasteiger partial charge in [0.25, 0.3) is 0 Å². The fraction of sp³-hybridized carbons (Fsp3) is 0.429. The van der Waals surface area contributed by atoms with Crippen molar-refractivity contribution in [1.82, 2.24) is 0 Å². The average molecular weight is 370 g/mol. The zero-order valence-corrected chi connectivity index (χ0v) is 15.7. The highest BCUT2D eigenvalue weighted by atomic mass is 16.5. The zero-order valence-electron chi connectivity index (χ0n) is 15.7. The van der Waals surface area contributed by atoms with Crippen LogP contribution < -0.4 is 0 Å². The van der Waals surface area contributed by atoms with Gasteiger partial charge < -0.3 is 20.1 Å². The molecule has 1 aliphatic heterocycles. The molecule has 27 heavy (non-hydrogen) atoms. The molecule has 3 aliphatic rings. The number of phenols is 2. The molecule has 0 spiro atoms. The largest absolute Gasteiger partial charge is 0.508 e. The SMILES string of the molecule is CC1=C[C@H]2C3=C(OC(C)(C)[C@H]2C[C@@H]1O)C(=O)c1c(cc(O)c(C)c1O)C3=O. The number of aliphatic hydroxyl groups excluding tert-OH is 1. The summed E-state index contributed by atoms with van der Waals surface area (Å²) in [5.41, 5.74) is 0.227. The molecule has 4 rings (SSSR count). The molecular formula is C21H22O6. The summed E-state index contributed by atoms with van der Waals surface area (Å²) in [7, 11) is 0. The van der Waals surface area contributed by atoms with Crippen LogP contribution in [0, 0.1) is 18.8 Å². The minimum Gasteiger partial charge on any atom is -0.508 e. The van der Waals surface area contributed by atoms with E-state index in [1.54, 1.807) is 6.92 Å². The van der Waals surface area contributed by atoms with E-state index in [0.717, 1.165) is 5.57 Å². The summed E-state index contributed by atoms with van der Waals surface area (Å²) in [6, 6.07) is 1.23. The van der Waals surface area contributed by atoms with Crippen molar-refractivity contribution in [2.75, 3.05) is 0 Å². The van der Waals surface area contributed by atoms with Gasteiger partial charge in [0.05, 0.1) is 17.2 Å². The number of carbonyl (C=O) groups excluding carboxylic acids is 2. The molecule has 6 heteroatoms. The van der Waals surface area contributed by atoms with Gasteiger partial charge in [0.1, 0.15) is 17.1 Å². The van der Waals surface area contributed by atoms with Gasteiger partial charge in [0, 0.05) is 23.0 Å². The van der Waals surface area contributed by atoms with Crippen LogP contribution in [0.2, 0.25) is 0 Å². The topological polar surface area (TPSA) is 104 Å². The van der Waals surface area contributed by atoms with Crippen LogP contribution in [0.3, 0.4) is 0 Å². The lowest BCUT2D eigenvalue weighted by Crippen LogP contribution is -2.50. The maximum Gasteiger partial charge on any atom is 0.232 e. The van der Waals surface area contributed by atoms with Crippen molar-refractivity contribution in [3.63, 3.8) is 0 Å². The summed E-state index contributed by atoms with van der Waals surface area (Å²) < 4.78 is 5.99. The summed E-state index contributed by atoms with van der Waals surface area (Å²) in [6.07, 6.45) is 1.64. The molecule has 3 N–H and O–H groups in total. The molecule has 6 nitrogen and oxygen atoms in total. The van der Waals surface area contributed by atoms with Crippen molar-refractivity contribution < 1.29 is 29.6 Å². The monoisotopic (exact) mass is 370 g/mol. The molecule has 0 radical (unpaired) electrons. The minimum absolute atomic E-state index is 0.0152. The lowest BCUT2D eigenvalue weighted by atomic mass is 9.64. The van der Waals surface area contributed by atoms with E-state index in [9.17, 15) is 24.9 Å². The molecule has 2 aliphatic carbocycles. The van der Waals surface area contributed by atoms with Gasteiger partial charge in [-0.05, 0) is 45.8 Å². The zero-order chi connectivity index (χ0) is 19.8. The third kappa shape index (κ3) is 2.29. The molecule has 3 atom stereocenters. The third-order valence-electron chi connectivity index (χ3n) is 6.16. The Labute approximate surface area is 156 Å². The van der Waals surface area contributed by atoms with E-state index in [1.807, 2.05) is 19.9 Å². The quantitative estimate of drug-likeness (QED) is 0.607. The second kappa shape index (κ2) is 5.45. The van der Waals surface area contributed by atoms with Gasteiger partial charge in [-0.2, -0.15) is 0 Å². The first-order chi connectivity index (χ1) is 12.5. The summed E-state index contributed by atoms with van der Waals surface area (Å²) in [5, 5.41) is 30.7. The number of aromatic hydroxyl groups is 2. The third-order valence-corrected chi connectivity index (χ3v) is 6.16. The molecule has 1 aromatic carbocycles. The summed E-state index contributed by atoms with van der Waals surface area (Å²) in [5.74, 6) is -2.22. The van der Waals surface area contributed by atoms with Crippen LogP contribution >= 0.6 is 0 Å².